The Balaban J connectivity index is 1.57. The predicted octanol–water partition coefficient (Wildman–Crippen LogP) is 4.01. The Morgan fingerprint density at radius 2 is 2.03 bits per heavy atom. The van der Waals surface area contributed by atoms with Crippen LogP contribution in [-0.4, -0.2) is 30.6 Å². The molecule has 0 saturated carbocycles. The van der Waals surface area contributed by atoms with E-state index in [1.54, 1.807) is 28.4 Å². The van der Waals surface area contributed by atoms with Gasteiger partial charge in [-0.3, -0.25) is 4.79 Å². The van der Waals surface area contributed by atoms with Crippen LogP contribution in [0.3, 0.4) is 0 Å². The fourth-order valence-corrected chi connectivity index (χ4v) is 4.70. The first-order valence-electron chi connectivity index (χ1n) is 9.07. The second-order valence-electron chi connectivity index (χ2n) is 6.69. The van der Waals surface area contributed by atoms with Gasteiger partial charge in [-0.15, -0.1) is 22.7 Å². The van der Waals surface area contributed by atoms with E-state index in [1.807, 2.05) is 25.3 Å². The Morgan fingerprint density at radius 1 is 1.21 bits per heavy atom. The fraction of sp³-hybridized carbons (Fsp3) is 0.250. The van der Waals surface area contributed by atoms with Crippen LogP contribution < -0.4 is 5.32 Å². The van der Waals surface area contributed by atoms with Crippen molar-refractivity contribution in [2.24, 2.45) is 0 Å². The summed E-state index contributed by atoms with van der Waals surface area (Å²) in [6.07, 6.45) is 3.27. The second-order valence-corrected chi connectivity index (χ2v) is 9.09. The van der Waals surface area contributed by atoms with Crippen molar-refractivity contribution in [2.75, 3.05) is 0 Å². The molecule has 0 spiro atoms. The van der Waals surface area contributed by atoms with Gasteiger partial charge in [-0.2, -0.15) is 5.10 Å². The van der Waals surface area contributed by atoms with Crippen LogP contribution in [0.5, 0.6) is 0 Å². The number of carbonyl (C=O) groups excluding carboxylic acids is 1. The Morgan fingerprint density at radius 3 is 2.72 bits per heavy atom. The van der Waals surface area contributed by atoms with Crippen molar-refractivity contribution in [3.05, 3.63) is 61.6 Å². The summed E-state index contributed by atoms with van der Waals surface area (Å²) in [5, 5.41) is 10.1. The van der Waals surface area contributed by atoms with E-state index in [2.05, 4.69) is 45.3 Å². The van der Waals surface area contributed by atoms with Gasteiger partial charge in [0.2, 0.25) is 0 Å². The quantitative estimate of drug-likeness (QED) is 0.523. The van der Waals surface area contributed by atoms with E-state index in [1.165, 1.54) is 21.1 Å². The molecule has 1 N–H and O–H groups in total. The number of amides is 1. The minimum Gasteiger partial charge on any atom is -0.345 e. The number of hydrogen-bond acceptors (Lipinski definition) is 7. The average molecular weight is 425 g/mol. The number of hydrogen-bond donors (Lipinski definition) is 1. The smallest absolute Gasteiger partial charge is 0.255 e. The van der Waals surface area contributed by atoms with Gasteiger partial charge in [-0.05, 0) is 39.8 Å². The van der Waals surface area contributed by atoms with E-state index < -0.39 is 0 Å². The molecular formula is C20H20N6OS2. The van der Waals surface area contributed by atoms with E-state index >= 15 is 0 Å². The molecule has 0 aliphatic carbocycles. The van der Waals surface area contributed by atoms with Gasteiger partial charge in [0.25, 0.3) is 11.9 Å². The van der Waals surface area contributed by atoms with Gasteiger partial charge in [-0.1, -0.05) is 0 Å². The molecule has 0 bridgehead atoms. The van der Waals surface area contributed by atoms with Crippen molar-refractivity contribution in [3.63, 3.8) is 0 Å². The number of nitrogens with zero attached hydrogens (tertiary/aromatic N) is 5. The number of aryl methyl sites for hydroxylation is 3. The minimum atomic E-state index is -0.193. The predicted molar refractivity (Wildman–Crippen MR) is 115 cm³/mol. The number of carbonyl (C=O) groups is 1. The Labute approximate surface area is 176 Å². The monoisotopic (exact) mass is 424 g/mol. The third kappa shape index (κ3) is 3.96. The van der Waals surface area contributed by atoms with Crippen LogP contribution in [0.2, 0.25) is 0 Å². The van der Waals surface area contributed by atoms with Crippen LogP contribution in [0.15, 0.2) is 29.9 Å². The summed E-state index contributed by atoms with van der Waals surface area (Å²) in [5.74, 6) is 0.250. The van der Waals surface area contributed by atoms with Crippen molar-refractivity contribution in [3.8, 4) is 17.2 Å². The van der Waals surface area contributed by atoms with Crippen LogP contribution in [0.4, 0.5) is 0 Å². The molecule has 9 heteroatoms. The number of thiophene rings is 1. The summed E-state index contributed by atoms with van der Waals surface area (Å²) >= 11 is 3.27. The number of nitrogens with one attached hydrogen (secondary N) is 1. The Kier molecular flexibility index (Phi) is 5.25. The van der Waals surface area contributed by atoms with Gasteiger partial charge in [0, 0.05) is 32.6 Å². The first-order valence-corrected chi connectivity index (χ1v) is 10.8. The van der Waals surface area contributed by atoms with E-state index in [0.717, 1.165) is 22.0 Å². The molecule has 4 heterocycles. The maximum absolute atomic E-state index is 12.6. The first-order chi connectivity index (χ1) is 13.9. The normalized spacial score (nSPS) is 11.0. The maximum atomic E-state index is 12.6. The van der Waals surface area contributed by atoms with Crippen molar-refractivity contribution in [1.82, 2.24) is 30.0 Å². The highest BCUT2D eigenvalue weighted by atomic mass is 32.1. The van der Waals surface area contributed by atoms with Crippen LogP contribution in [0.25, 0.3) is 17.2 Å². The molecule has 0 fully saturated rings. The molecule has 4 aromatic rings. The van der Waals surface area contributed by atoms with Gasteiger partial charge < -0.3 is 5.32 Å². The topological polar surface area (TPSA) is 85.6 Å². The Hall–Kier alpha value is -2.91. The van der Waals surface area contributed by atoms with Crippen LogP contribution in [-0.2, 0) is 6.54 Å². The summed E-state index contributed by atoms with van der Waals surface area (Å²) in [6.45, 7) is 8.33. The van der Waals surface area contributed by atoms with E-state index in [-0.39, 0.29) is 5.91 Å². The largest absolute Gasteiger partial charge is 0.345 e. The lowest BCUT2D eigenvalue weighted by Crippen LogP contribution is -2.23. The van der Waals surface area contributed by atoms with Gasteiger partial charge in [0.05, 0.1) is 29.7 Å². The van der Waals surface area contributed by atoms with Crippen LogP contribution in [0.1, 0.15) is 36.5 Å². The maximum Gasteiger partial charge on any atom is 0.255 e. The zero-order chi connectivity index (χ0) is 20.5. The number of rotatable bonds is 5. The molecule has 4 aromatic heterocycles. The molecule has 0 aliphatic rings. The van der Waals surface area contributed by atoms with Gasteiger partial charge in [-0.25, -0.2) is 19.6 Å². The average Bonchev–Trinajstić information content (AvgIpc) is 3.38. The SMILES string of the molecule is Cc1csc(CNC(=O)c2cnn(-c3nccc(-c4cc(C)sc4C)n3)c2C)n1. The van der Waals surface area contributed by atoms with E-state index in [9.17, 15) is 4.79 Å². The lowest BCUT2D eigenvalue weighted by atomic mass is 10.2. The van der Waals surface area contributed by atoms with Crippen LogP contribution >= 0.6 is 22.7 Å². The fourth-order valence-electron chi connectivity index (χ4n) is 3.05. The number of thiazole rings is 1. The van der Waals surface area contributed by atoms with E-state index in [4.69, 9.17) is 0 Å². The molecule has 0 saturated heterocycles. The summed E-state index contributed by atoms with van der Waals surface area (Å²) in [5.41, 5.74) is 4.08. The highest BCUT2D eigenvalue weighted by molar-refractivity contribution is 7.12. The van der Waals surface area contributed by atoms with Crippen molar-refractivity contribution >= 4 is 28.6 Å². The van der Waals surface area contributed by atoms with Crippen molar-refractivity contribution in [2.45, 2.75) is 34.2 Å². The minimum absolute atomic E-state index is 0.193. The lowest BCUT2D eigenvalue weighted by molar-refractivity contribution is 0.0950. The Bertz CT molecular complexity index is 1190. The summed E-state index contributed by atoms with van der Waals surface area (Å²) in [7, 11) is 0. The molecule has 29 heavy (non-hydrogen) atoms. The molecule has 0 aliphatic heterocycles. The van der Waals surface area contributed by atoms with Gasteiger partial charge in [0.1, 0.15) is 5.01 Å². The summed E-state index contributed by atoms with van der Waals surface area (Å²) < 4.78 is 1.60. The molecule has 7 nitrogen and oxygen atoms in total. The van der Waals surface area contributed by atoms with Crippen molar-refractivity contribution in [1.29, 1.82) is 0 Å². The zero-order valence-corrected chi connectivity index (χ0v) is 18.2. The van der Waals surface area contributed by atoms with Crippen molar-refractivity contribution < 1.29 is 4.79 Å². The third-order valence-electron chi connectivity index (χ3n) is 4.47. The standard InChI is InChI=1S/C20H20N6OS2/c1-11-10-28-18(24-11)9-22-19(27)16-8-23-26(13(16)3)20-21-6-5-17(25-20)15-7-12(2)29-14(15)4/h5-8,10H,9H2,1-4H3,(H,22,27). The number of aromatic nitrogens is 5. The van der Waals surface area contributed by atoms with Crippen LogP contribution in [0, 0.1) is 27.7 Å². The molecule has 4 rings (SSSR count). The molecule has 1 amide bonds. The lowest BCUT2D eigenvalue weighted by Gasteiger charge is -2.06. The molecular weight excluding hydrogens is 404 g/mol. The second kappa shape index (κ2) is 7.84. The molecule has 148 valence electrons. The summed E-state index contributed by atoms with van der Waals surface area (Å²) in [6, 6.07) is 4.02. The first kappa shape index (κ1) is 19.4. The highest BCUT2D eigenvalue weighted by Crippen LogP contribution is 2.29. The van der Waals surface area contributed by atoms with Gasteiger partial charge in [0.15, 0.2) is 0 Å². The van der Waals surface area contributed by atoms with Gasteiger partial charge >= 0.3 is 0 Å². The zero-order valence-electron chi connectivity index (χ0n) is 16.6. The molecule has 0 atom stereocenters. The summed E-state index contributed by atoms with van der Waals surface area (Å²) in [4.78, 5) is 28.4. The molecule has 0 radical (unpaired) electrons. The highest BCUT2D eigenvalue weighted by Gasteiger charge is 2.17. The molecule has 0 aromatic carbocycles. The van der Waals surface area contributed by atoms with E-state index in [0.29, 0.717) is 23.8 Å². The molecule has 0 unspecified atom stereocenters. The third-order valence-corrected chi connectivity index (χ3v) is 6.40.